The van der Waals surface area contributed by atoms with Gasteiger partial charge in [-0.3, -0.25) is 4.90 Å². The van der Waals surface area contributed by atoms with Crippen molar-refractivity contribution in [1.29, 1.82) is 0 Å². The molecule has 3 aromatic heterocycles. The first kappa shape index (κ1) is 25.8. The molecule has 0 radical (unpaired) electrons. The first-order valence-corrected chi connectivity index (χ1v) is 13.7. The molecule has 1 N–H and O–H groups in total. The molecule has 8 nitrogen and oxygen atoms in total. The fraction of sp³-hybridized carbons (Fsp3) is 0.448. The Balaban J connectivity index is 1.24. The van der Waals surface area contributed by atoms with Crippen molar-refractivity contribution in [3.63, 3.8) is 0 Å². The van der Waals surface area contributed by atoms with Crippen LogP contribution in [0, 0.1) is 18.6 Å². The highest BCUT2D eigenvalue weighted by atomic mass is 19.1. The van der Waals surface area contributed by atoms with E-state index in [9.17, 15) is 4.39 Å². The summed E-state index contributed by atoms with van der Waals surface area (Å²) in [6, 6.07) is 7.10. The van der Waals surface area contributed by atoms with Gasteiger partial charge in [-0.15, -0.1) is 0 Å². The summed E-state index contributed by atoms with van der Waals surface area (Å²) in [5, 5.41) is 3.09. The van der Waals surface area contributed by atoms with Crippen LogP contribution < -0.4 is 5.32 Å². The predicted molar refractivity (Wildman–Crippen MR) is 148 cm³/mol. The molecule has 1 aromatic carbocycles. The summed E-state index contributed by atoms with van der Waals surface area (Å²) in [6.07, 6.45) is 5.31. The number of halogens is 2. The normalized spacial score (nSPS) is 17.7. The number of nitrogens with one attached hydrogen (secondary N) is 1. The van der Waals surface area contributed by atoms with Gasteiger partial charge >= 0.3 is 0 Å². The van der Waals surface area contributed by atoms with Crippen molar-refractivity contribution in [1.82, 2.24) is 34.3 Å². The molecule has 2 fully saturated rings. The second kappa shape index (κ2) is 9.91. The number of rotatable bonds is 7. The highest BCUT2D eigenvalue weighted by Gasteiger charge is 2.50. The Morgan fingerprint density at radius 1 is 0.974 bits per heavy atom. The number of pyridine rings is 1. The molecule has 6 rings (SSSR count). The van der Waals surface area contributed by atoms with Crippen LogP contribution in [0.2, 0.25) is 0 Å². The number of nitrogens with zero attached hydrogens (tertiary/aromatic N) is 7. The molecule has 39 heavy (non-hydrogen) atoms. The number of likely N-dealkylation sites (N-methyl/N-ethyl adjacent to an activating group) is 1. The van der Waals surface area contributed by atoms with E-state index in [4.69, 9.17) is 0 Å². The van der Waals surface area contributed by atoms with Gasteiger partial charge < -0.3 is 14.8 Å². The largest absolute Gasteiger partial charge is 0.326 e. The van der Waals surface area contributed by atoms with E-state index in [1.54, 1.807) is 6.07 Å². The molecule has 1 saturated heterocycles. The third-order valence-corrected chi connectivity index (χ3v) is 8.15. The molecule has 0 bridgehead atoms. The monoisotopic (exact) mass is 532 g/mol. The lowest BCUT2D eigenvalue weighted by atomic mass is 10.0. The van der Waals surface area contributed by atoms with E-state index in [1.165, 1.54) is 11.6 Å². The van der Waals surface area contributed by atoms with Gasteiger partial charge in [-0.1, -0.05) is 13.0 Å². The minimum absolute atomic E-state index is 0.0160. The predicted octanol–water partition coefficient (Wildman–Crippen LogP) is 5.43. The second-order valence-electron chi connectivity index (χ2n) is 10.8. The van der Waals surface area contributed by atoms with Gasteiger partial charge in [0.25, 0.3) is 0 Å². The highest BCUT2D eigenvalue weighted by Crippen LogP contribution is 2.51. The number of aryl methyl sites for hydroxylation is 1. The van der Waals surface area contributed by atoms with Crippen LogP contribution in [0.15, 0.2) is 36.7 Å². The standard InChI is InChI=1S/C29H34F2N8/c1-5-37-10-12-38(13-11-37)29(8-9-29)21-6-7-25(32-16-21)35-28-33-17-23(31)26(36-28)20-14-22(30)27-24(15-20)39(18(2)3)19(4)34-27/h6-7,14-18H,5,8-13H2,1-4H3,(H,32,33,35,36). The van der Waals surface area contributed by atoms with Crippen LogP contribution in [0.4, 0.5) is 20.5 Å². The number of piperazine rings is 1. The number of imidazole rings is 1. The molecule has 204 valence electrons. The second-order valence-corrected chi connectivity index (χ2v) is 10.8. The summed E-state index contributed by atoms with van der Waals surface area (Å²) in [7, 11) is 0. The van der Waals surface area contributed by atoms with Crippen LogP contribution in [0.3, 0.4) is 0 Å². The van der Waals surface area contributed by atoms with Crippen LogP contribution in [-0.2, 0) is 5.54 Å². The molecule has 0 spiro atoms. The van der Waals surface area contributed by atoms with Crippen LogP contribution in [0.25, 0.3) is 22.3 Å². The quantitative estimate of drug-likeness (QED) is 0.340. The van der Waals surface area contributed by atoms with Gasteiger partial charge in [-0.2, -0.15) is 0 Å². The van der Waals surface area contributed by atoms with Gasteiger partial charge in [-0.05, 0) is 63.9 Å². The number of hydrogen-bond acceptors (Lipinski definition) is 7. The highest BCUT2D eigenvalue weighted by molar-refractivity contribution is 5.83. The maximum atomic E-state index is 15.0. The summed E-state index contributed by atoms with van der Waals surface area (Å²) >= 11 is 0. The summed E-state index contributed by atoms with van der Waals surface area (Å²) in [4.78, 5) is 22.6. The Morgan fingerprint density at radius 2 is 1.74 bits per heavy atom. The summed E-state index contributed by atoms with van der Waals surface area (Å²) < 4.78 is 31.8. The maximum Gasteiger partial charge on any atom is 0.229 e. The van der Waals surface area contributed by atoms with E-state index < -0.39 is 11.6 Å². The van der Waals surface area contributed by atoms with Crippen LogP contribution in [0.5, 0.6) is 0 Å². The lowest BCUT2D eigenvalue weighted by Gasteiger charge is -2.39. The molecular weight excluding hydrogens is 498 g/mol. The summed E-state index contributed by atoms with van der Waals surface area (Å²) in [6.45, 7) is 13.5. The average Bonchev–Trinajstić information content (AvgIpc) is 3.66. The first-order valence-electron chi connectivity index (χ1n) is 13.7. The van der Waals surface area contributed by atoms with Crippen molar-refractivity contribution >= 4 is 22.8 Å². The minimum Gasteiger partial charge on any atom is -0.326 e. The van der Waals surface area contributed by atoms with E-state index in [0.29, 0.717) is 22.7 Å². The minimum atomic E-state index is -0.631. The zero-order chi connectivity index (χ0) is 27.3. The zero-order valence-electron chi connectivity index (χ0n) is 22.9. The number of fused-ring (bicyclic) bond motifs is 1. The lowest BCUT2D eigenvalue weighted by molar-refractivity contribution is 0.0865. The molecule has 0 unspecified atom stereocenters. The van der Waals surface area contributed by atoms with Crippen LogP contribution in [-0.4, -0.2) is 67.0 Å². The van der Waals surface area contributed by atoms with Crippen molar-refractivity contribution in [2.24, 2.45) is 0 Å². The number of anilines is 2. The van der Waals surface area contributed by atoms with E-state index in [0.717, 1.165) is 51.8 Å². The number of hydrogen-bond donors (Lipinski definition) is 1. The lowest BCUT2D eigenvalue weighted by Crippen LogP contribution is -2.50. The molecule has 0 atom stereocenters. The fourth-order valence-electron chi connectivity index (χ4n) is 5.94. The molecular formula is C29H34F2N8. The van der Waals surface area contributed by atoms with E-state index >= 15 is 4.39 Å². The van der Waals surface area contributed by atoms with Crippen molar-refractivity contribution in [2.45, 2.75) is 52.1 Å². The first-order chi connectivity index (χ1) is 18.8. The average molecular weight is 533 g/mol. The van der Waals surface area contributed by atoms with E-state index in [2.05, 4.69) is 48.0 Å². The summed E-state index contributed by atoms with van der Waals surface area (Å²) in [5.74, 6) is 0.316. The van der Waals surface area contributed by atoms with Gasteiger partial charge in [0.1, 0.15) is 22.9 Å². The van der Waals surface area contributed by atoms with Crippen molar-refractivity contribution < 1.29 is 8.78 Å². The number of aromatic nitrogens is 5. The van der Waals surface area contributed by atoms with Gasteiger partial charge in [-0.25, -0.2) is 28.7 Å². The van der Waals surface area contributed by atoms with Crippen molar-refractivity contribution in [3.8, 4) is 11.3 Å². The smallest absolute Gasteiger partial charge is 0.229 e. The molecule has 4 heterocycles. The molecule has 4 aromatic rings. The van der Waals surface area contributed by atoms with Gasteiger partial charge in [0.15, 0.2) is 11.6 Å². The third kappa shape index (κ3) is 4.65. The molecule has 1 saturated carbocycles. The number of benzene rings is 1. The van der Waals surface area contributed by atoms with Crippen LogP contribution >= 0.6 is 0 Å². The Hall–Kier alpha value is -3.50. The topological polar surface area (TPSA) is 75.0 Å². The molecule has 1 aliphatic carbocycles. The molecule has 10 heteroatoms. The van der Waals surface area contributed by atoms with Gasteiger partial charge in [0.2, 0.25) is 5.95 Å². The van der Waals surface area contributed by atoms with E-state index in [-0.39, 0.29) is 28.7 Å². The fourth-order valence-corrected chi connectivity index (χ4v) is 5.94. The zero-order valence-corrected chi connectivity index (χ0v) is 22.9. The van der Waals surface area contributed by atoms with Crippen molar-refractivity contribution in [3.05, 3.63) is 59.7 Å². The molecule has 2 aliphatic rings. The summed E-state index contributed by atoms with van der Waals surface area (Å²) in [5.41, 5.74) is 2.53. The van der Waals surface area contributed by atoms with Gasteiger partial charge in [0.05, 0.1) is 11.7 Å². The van der Waals surface area contributed by atoms with Crippen LogP contribution in [0.1, 0.15) is 51.0 Å². The molecule has 0 amide bonds. The SMILES string of the molecule is CCN1CCN(C2(c3ccc(Nc4ncc(F)c(-c5cc(F)c6nc(C)n(C(C)C)c6c5)n4)nc3)CC2)CC1. The van der Waals surface area contributed by atoms with E-state index in [1.807, 2.05) is 37.6 Å². The van der Waals surface area contributed by atoms with Crippen molar-refractivity contribution in [2.75, 3.05) is 38.0 Å². The molecule has 1 aliphatic heterocycles. The Kier molecular flexibility index (Phi) is 6.55. The van der Waals surface area contributed by atoms with Gasteiger partial charge in [0, 0.05) is 49.5 Å². The Bertz CT molecular complexity index is 1500. The third-order valence-electron chi connectivity index (χ3n) is 8.15. The Labute approximate surface area is 227 Å². The maximum absolute atomic E-state index is 15.0. The Morgan fingerprint density at radius 3 is 2.38 bits per heavy atom.